The minimum Gasteiger partial charge on any atom is -0.394 e. The molecule has 0 saturated carbocycles. The quantitative estimate of drug-likeness (QED) is 0.623. The molecule has 0 radical (unpaired) electrons. The number of hydrogen-bond acceptors (Lipinski definition) is 6. The summed E-state index contributed by atoms with van der Waals surface area (Å²) in [5.74, 6) is -1.52. The molecule has 0 unspecified atom stereocenters. The first-order valence-corrected chi connectivity index (χ1v) is 8.63. The van der Waals surface area contributed by atoms with Crippen LogP contribution in [-0.2, 0) is 17.7 Å². The number of aliphatic hydroxyl groups excluding tert-OH is 3. The number of rotatable bonds is 5. The summed E-state index contributed by atoms with van der Waals surface area (Å²) in [6, 6.07) is 3.02. The number of benzene rings is 1. The van der Waals surface area contributed by atoms with E-state index in [2.05, 4.69) is 0 Å². The molecule has 1 saturated heterocycles. The summed E-state index contributed by atoms with van der Waals surface area (Å²) in [4.78, 5) is 25.2. The highest BCUT2D eigenvalue weighted by Crippen LogP contribution is 2.28. The lowest BCUT2D eigenvalue weighted by molar-refractivity contribution is -0.0557. The Morgan fingerprint density at radius 3 is 2.50 bits per heavy atom. The Morgan fingerprint density at radius 2 is 1.89 bits per heavy atom. The Bertz CT molecular complexity index is 989. The fourth-order valence-electron chi connectivity index (χ4n) is 3.20. The van der Waals surface area contributed by atoms with Crippen molar-refractivity contribution in [2.24, 2.45) is 0 Å². The van der Waals surface area contributed by atoms with E-state index in [1.807, 2.05) is 0 Å². The Labute approximate surface area is 157 Å². The highest BCUT2D eigenvalue weighted by Gasteiger charge is 2.44. The van der Waals surface area contributed by atoms with E-state index in [4.69, 9.17) is 4.74 Å². The van der Waals surface area contributed by atoms with Gasteiger partial charge in [-0.1, -0.05) is 6.07 Å². The van der Waals surface area contributed by atoms with Gasteiger partial charge in [0.2, 0.25) is 0 Å². The molecule has 4 atom stereocenters. The topological polar surface area (TPSA) is 114 Å². The van der Waals surface area contributed by atoms with Crippen LogP contribution < -0.4 is 11.2 Å². The van der Waals surface area contributed by atoms with E-state index in [1.165, 1.54) is 19.2 Å². The van der Waals surface area contributed by atoms with E-state index >= 15 is 0 Å². The van der Waals surface area contributed by atoms with E-state index in [1.54, 1.807) is 0 Å². The molecule has 1 aliphatic heterocycles. The Balaban J connectivity index is 1.94. The van der Waals surface area contributed by atoms with E-state index in [9.17, 15) is 33.7 Å². The molecule has 2 aromatic rings. The van der Waals surface area contributed by atoms with Gasteiger partial charge in [0, 0.05) is 24.4 Å². The van der Waals surface area contributed by atoms with Crippen molar-refractivity contribution < 1.29 is 28.8 Å². The number of nitrogens with zero attached hydrogens (tertiary/aromatic N) is 2. The van der Waals surface area contributed by atoms with Crippen molar-refractivity contribution >= 4 is 0 Å². The second-order valence-electron chi connectivity index (χ2n) is 6.67. The number of hydrogen-bond donors (Lipinski definition) is 3. The summed E-state index contributed by atoms with van der Waals surface area (Å²) >= 11 is 0. The van der Waals surface area contributed by atoms with Crippen LogP contribution in [0.3, 0.4) is 0 Å². The van der Waals surface area contributed by atoms with E-state index < -0.39 is 54.0 Å². The van der Waals surface area contributed by atoms with Crippen LogP contribution in [0.1, 0.15) is 17.4 Å². The highest BCUT2D eigenvalue weighted by atomic mass is 19.1. The summed E-state index contributed by atoms with van der Waals surface area (Å²) in [6.07, 6.45) is -4.12. The standard InChI is InChI=1S/C18H20F2N2O6/c1-9-7-22(17-15(25)14(24)13(8-23)28-17)18(27)21(16(9)26)5-4-10-2-3-11(19)6-12(10)20/h2-3,6-7,13-15,17,23-25H,4-5,8H2,1H3/t13-,14+,15+,17-/m1/s1. The molecular formula is C18H20F2N2O6. The van der Waals surface area contributed by atoms with Crippen LogP contribution in [0.4, 0.5) is 8.78 Å². The van der Waals surface area contributed by atoms with Crippen molar-refractivity contribution in [3.63, 3.8) is 0 Å². The summed E-state index contributed by atoms with van der Waals surface area (Å²) in [7, 11) is 0. The summed E-state index contributed by atoms with van der Waals surface area (Å²) < 4.78 is 34.0. The lowest BCUT2D eigenvalue weighted by Gasteiger charge is -2.19. The molecule has 0 spiro atoms. The van der Waals surface area contributed by atoms with E-state index in [-0.39, 0.29) is 24.1 Å². The van der Waals surface area contributed by atoms with Gasteiger partial charge in [-0.15, -0.1) is 0 Å². The number of aromatic nitrogens is 2. The zero-order valence-corrected chi connectivity index (χ0v) is 15.0. The third-order valence-electron chi connectivity index (χ3n) is 4.78. The molecule has 152 valence electrons. The second kappa shape index (κ2) is 7.92. The van der Waals surface area contributed by atoms with Gasteiger partial charge >= 0.3 is 5.69 Å². The predicted molar refractivity (Wildman–Crippen MR) is 92.8 cm³/mol. The minimum atomic E-state index is -1.49. The second-order valence-corrected chi connectivity index (χ2v) is 6.67. The summed E-state index contributed by atoms with van der Waals surface area (Å²) in [5.41, 5.74) is -1.13. The van der Waals surface area contributed by atoms with Crippen LogP contribution in [0.5, 0.6) is 0 Å². The minimum absolute atomic E-state index is 0.0410. The molecule has 8 nitrogen and oxygen atoms in total. The largest absolute Gasteiger partial charge is 0.394 e. The van der Waals surface area contributed by atoms with Crippen LogP contribution in [-0.4, -0.2) is 49.4 Å². The highest BCUT2D eigenvalue weighted by molar-refractivity contribution is 5.18. The van der Waals surface area contributed by atoms with Crippen LogP contribution in [0.25, 0.3) is 0 Å². The van der Waals surface area contributed by atoms with Gasteiger partial charge in [-0.3, -0.25) is 13.9 Å². The Kier molecular flexibility index (Phi) is 5.75. The monoisotopic (exact) mass is 398 g/mol. The van der Waals surface area contributed by atoms with Crippen molar-refractivity contribution in [1.82, 2.24) is 9.13 Å². The maximum absolute atomic E-state index is 13.8. The first-order chi connectivity index (χ1) is 13.2. The van der Waals surface area contributed by atoms with Gasteiger partial charge in [-0.25, -0.2) is 13.6 Å². The molecule has 1 fully saturated rings. The molecule has 0 bridgehead atoms. The molecule has 2 heterocycles. The molecule has 3 rings (SSSR count). The maximum atomic E-state index is 13.8. The zero-order valence-electron chi connectivity index (χ0n) is 15.0. The number of aliphatic hydroxyl groups is 3. The van der Waals surface area contributed by atoms with Crippen molar-refractivity contribution in [3.05, 3.63) is 68.0 Å². The van der Waals surface area contributed by atoms with Crippen molar-refractivity contribution in [1.29, 1.82) is 0 Å². The van der Waals surface area contributed by atoms with Crippen LogP contribution in [0, 0.1) is 18.6 Å². The van der Waals surface area contributed by atoms with Gasteiger partial charge < -0.3 is 20.1 Å². The number of aryl methyl sites for hydroxylation is 2. The lowest BCUT2D eigenvalue weighted by atomic mass is 10.1. The predicted octanol–water partition coefficient (Wildman–Crippen LogP) is -0.549. The van der Waals surface area contributed by atoms with Crippen molar-refractivity contribution in [2.75, 3.05) is 6.61 Å². The molecule has 0 amide bonds. The molecule has 1 aliphatic rings. The van der Waals surface area contributed by atoms with Gasteiger partial charge in [-0.05, 0) is 25.0 Å². The summed E-state index contributed by atoms with van der Waals surface area (Å²) in [6.45, 7) is 0.706. The lowest BCUT2D eigenvalue weighted by Crippen LogP contribution is -2.44. The van der Waals surface area contributed by atoms with E-state index in [0.29, 0.717) is 6.07 Å². The average Bonchev–Trinajstić information content (AvgIpc) is 2.94. The van der Waals surface area contributed by atoms with Crippen molar-refractivity contribution in [2.45, 2.75) is 44.4 Å². The Hall–Kier alpha value is -2.40. The number of ether oxygens (including phenoxy) is 1. The SMILES string of the molecule is Cc1cn([C@@H]2O[C@H](CO)[C@H](O)[C@@H]2O)c(=O)n(CCc2ccc(F)cc2F)c1=O. The molecule has 10 heteroatoms. The molecule has 0 aliphatic carbocycles. The molecule has 1 aromatic carbocycles. The summed E-state index contributed by atoms with van der Waals surface area (Å²) in [5, 5.41) is 29.2. The first kappa shape index (κ1) is 20.3. The van der Waals surface area contributed by atoms with Gasteiger partial charge in [0.15, 0.2) is 6.23 Å². The zero-order chi connectivity index (χ0) is 20.6. The first-order valence-electron chi connectivity index (χ1n) is 8.63. The molecule has 28 heavy (non-hydrogen) atoms. The van der Waals surface area contributed by atoms with Crippen molar-refractivity contribution in [3.8, 4) is 0 Å². The van der Waals surface area contributed by atoms with Crippen LogP contribution >= 0.6 is 0 Å². The van der Waals surface area contributed by atoms with E-state index in [0.717, 1.165) is 15.2 Å². The third-order valence-corrected chi connectivity index (χ3v) is 4.78. The van der Waals surface area contributed by atoms with Crippen LogP contribution in [0.15, 0.2) is 34.0 Å². The van der Waals surface area contributed by atoms with Gasteiger partial charge in [0.05, 0.1) is 6.61 Å². The third kappa shape index (κ3) is 3.63. The maximum Gasteiger partial charge on any atom is 0.333 e. The van der Waals surface area contributed by atoms with Gasteiger partial charge in [-0.2, -0.15) is 0 Å². The smallest absolute Gasteiger partial charge is 0.333 e. The number of halogens is 2. The van der Waals surface area contributed by atoms with Crippen LogP contribution in [0.2, 0.25) is 0 Å². The molecule has 3 N–H and O–H groups in total. The molecular weight excluding hydrogens is 378 g/mol. The normalized spacial score (nSPS) is 24.6. The average molecular weight is 398 g/mol. The fourth-order valence-corrected chi connectivity index (χ4v) is 3.20. The fraction of sp³-hybridized carbons (Fsp3) is 0.444. The Morgan fingerprint density at radius 1 is 1.18 bits per heavy atom. The molecule has 1 aromatic heterocycles. The van der Waals surface area contributed by atoms with Gasteiger partial charge in [0.1, 0.15) is 29.9 Å². The van der Waals surface area contributed by atoms with Gasteiger partial charge in [0.25, 0.3) is 5.56 Å².